The number of nitriles is 2. The Labute approximate surface area is 149 Å². The van der Waals surface area contributed by atoms with Gasteiger partial charge in [-0.15, -0.1) is 0 Å². The summed E-state index contributed by atoms with van der Waals surface area (Å²) in [6.07, 6.45) is 4.41. The van der Waals surface area contributed by atoms with Gasteiger partial charge in [0.15, 0.2) is 11.8 Å². The molecule has 6 nitrogen and oxygen atoms in total. The third kappa shape index (κ3) is 2.74. The first kappa shape index (κ1) is 16.0. The van der Waals surface area contributed by atoms with Crippen LogP contribution in [0.2, 0.25) is 0 Å². The van der Waals surface area contributed by atoms with Crippen molar-refractivity contribution in [3.05, 3.63) is 48.1 Å². The lowest BCUT2D eigenvalue weighted by molar-refractivity contribution is 0.0451. The first-order valence-corrected chi connectivity index (χ1v) is 8.22. The molecule has 0 N–H and O–H groups in total. The van der Waals surface area contributed by atoms with Crippen molar-refractivity contribution in [3.8, 4) is 23.4 Å². The fourth-order valence-corrected chi connectivity index (χ4v) is 3.24. The normalized spacial score (nSPS) is 19.9. The molecule has 1 aliphatic rings. The second kappa shape index (κ2) is 6.12. The van der Waals surface area contributed by atoms with E-state index in [9.17, 15) is 0 Å². The van der Waals surface area contributed by atoms with E-state index in [0.717, 1.165) is 11.1 Å². The number of piperidine rings is 1. The van der Waals surface area contributed by atoms with Gasteiger partial charge in [-0.3, -0.25) is 0 Å². The highest BCUT2D eigenvalue weighted by Gasteiger charge is 2.41. The summed E-state index contributed by atoms with van der Waals surface area (Å²) in [5, 5.41) is 18.0. The fraction of sp³-hybridized carbons (Fsp3) is 0.263. The van der Waals surface area contributed by atoms with Crippen LogP contribution in [-0.2, 0) is 5.67 Å². The summed E-state index contributed by atoms with van der Waals surface area (Å²) in [4.78, 5) is 9.65. The highest BCUT2D eigenvalue weighted by atomic mass is 19.1. The van der Waals surface area contributed by atoms with Crippen LogP contribution >= 0.6 is 0 Å². The molecule has 0 spiro atoms. The van der Waals surface area contributed by atoms with Gasteiger partial charge >= 0.3 is 0 Å². The molecule has 0 aliphatic carbocycles. The minimum atomic E-state index is -1.77. The zero-order valence-corrected chi connectivity index (χ0v) is 13.8. The molecule has 1 atom stereocenters. The lowest BCUT2D eigenvalue weighted by Gasteiger charge is -2.31. The van der Waals surface area contributed by atoms with Crippen LogP contribution in [0.5, 0.6) is 0 Å². The molecule has 128 valence electrons. The number of fused-ring (bicyclic) bond motifs is 1. The maximum absolute atomic E-state index is 15.3. The molecule has 0 bridgehead atoms. The van der Waals surface area contributed by atoms with Crippen LogP contribution in [0.3, 0.4) is 0 Å². The molecular formula is C19H14FN5O. The van der Waals surface area contributed by atoms with Gasteiger partial charge in [0.2, 0.25) is 11.6 Å². The number of aromatic nitrogens is 2. The number of nitrogens with zero attached hydrogens (tertiary/aromatic N) is 5. The van der Waals surface area contributed by atoms with Gasteiger partial charge in [0, 0.05) is 12.7 Å². The number of oxazole rings is 1. The van der Waals surface area contributed by atoms with Crippen molar-refractivity contribution in [1.82, 2.24) is 14.9 Å². The minimum absolute atomic E-state index is 0.0112. The van der Waals surface area contributed by atoms with Crippen LogP contribution in [0.4, 0.5) is 4.39 Å². The smallest absolute Gasteiger partial charge is 0.235 e. The van der Waals surface area contributed by atoms with Crippen molar-refractivity contribution in [3.63, 3.8) is 0 Å². The number of pyridine rings is 1. The molecule has 3 heterocycles. The number of rotatable bonds is 2. The van der Waals surface area contributed by atoms with Gasteiger partial charge in [-0.25, -0.2) is 14.4 Å². The Hall–Kier alpha value is -3.45. The zero-order chi connectivity index (χ0) is 18.1. The summed E-state index contributed by atoms with van der Waals surface area (Å²) in [7, 11) is 0. The van der Waals surface area contributed by atoms with Crippen molar-refractivity contribution in [1.29, 1.82) is 10.5 Å². The van der Waals surface area contributed by atoms with Gasteiger partial charge in [0.1, 0.15) is 17.3 Å². The Morgan fingerprint density at radius 3 is 2.85 bits per heavy atom. The molecule has 1 aromatic carbocycles. The van der Waals surface area contributed by atoms with Crippen molar-refractivity contribution < 1.29 is 8.81 Å². The molecule has 2 aromatic heterocycles. The second-order valence-electron chi connectivity index (χ2n) is 6.33. The lowest BCUT2D eigenvalue weighted by Crippen LogP contribution is -2.41. The average Bonchev–Trinajstić information content (AvgIpc) is 3.12. The second-order valence-corrected chi connectivity index (χ2v) is 6.33. The maximum atomic E-state index is 15.3. The first-order chi connectivity index (χ1) is 12.6. The van der Waals surface area contributed by atoms with Gasteiger partial charge in [0.05, 0.1) is 6.54 Å². The van der Waals surface area contributed by atoms with E-state index in [1.807, 2.05) is 18.3 Å². The van der Waals surface area contributed by atoms with Crippen LogP contribution in [0.1, 0.15) is 24.4 Å². The Bertz CT molecular complexity index is 1060. The molecule has 1 fully saturated rings. The van der Waals surface area contributed by atoms with Gasteiger partial charge in [-0.2, -0.15) is 10.5 Å². The number of alkyl halides is 1. The number of benzene rings is 1. The molecule has 1 aliphatic heterocycles. The van der Waals surface area contributed by atoms with Crippen LogP contribution in [0, 0.1) is 22.8 Å². The molecule has 3 aromatic rings. The topological polar surface area (TPSA) is 89.7 Å². The Morgan fingerprint density at radius 1 is 1.19 bits per heavy atom. The van der Waals surface area contributed by atoms with E-state index in [4.69, 9.17) is 14.9 Å². The molecule has 4 rings (SSSR count). The summed E-state index contributed by atoms with van der Waals surface area (Å²) in [5.74, 6) is 0.0112. The van der Waals surface area contributed by atoms with E-state index in [1.165, 1.54) is 4.90 Å². The molecule has 1 saturated heterocycles. The Balaban J connectivity index is 1.72. The van der Waals surface area contributed by atoms with E-state index >= 15 is 4.39 Å². The Morgan fingerprint density at radius 2 is 2.04 bits per heavy atom. The zero-order valence-electron chi connectivity index (χ0n) is 13.8. The molecule has 0 amide bonds. The number of likely N-dealkylation sites (tertiary alicyclic amines) is 1. The number of hydrogen-bond acceptors (Lipinski definition) is 6. The summed E-state index contributed by atoms with van der Waals surface area (Å²) < 4.78 is 21.0. The summed E-state index contributed by atoms with van der Waals surface area (Å²) in [6.45, 7) is 0.509. The van der Waals surface area contributed by atoms with Crippen molar-refractivity contribution in [2.24, 2.45) is 0 Å². The maximum Gasteiger partial charge on any atom is 0.235 e. The minimum Gasteiger partial charge on any atom is -0.437 e. The molecular weight excluding hydrogens is 333 g/mol. The highest BCUT2D eigenvalue weighted by molar-refractivity contribution is 5.80. The lowest BCUT2D eigenvalue weighted by atomic mass is 9.95. The van der Waals surface area contributed by atoms with Gasteiger partial charge in [0.25, 0.3) is 0 Å². The largest absolute Gasteiger partial charge is 0.437 e. The van der Waals surface area contributed by atoms with Gasteiger partial charge in [-0.05, 0) is 48.2 Å². The molecule has 0 radical (unpaired) electrons. The molecule has 1 unspecified atom stereocenters. The first-order valence-electron chi connectivity index (χ1n) is 8.22. The number of halogens is 1. The third-order valence-electron chi connectivity index (χ3n) is 4.56. The standard InChI is InChI=1S/C19H14FN5O/c20-19(5-1-7-25(11-19)12-22)18-24-16-3-2-13(9-17(16)26-18)14-4-6-23-15(8-14)10-21/h2-4,6,8-9H,1,5,7,11H2. The third-order valence-corrected chi connectivity index (χ3v) is 4.56. The average molecular weight is 347 g/mol. The quantitative estimate of drug-likeness (QED) is 0.659. The Kier molecular flexibility index (Phi) is 3.78. The monoisotopic (exact) mass is 347 g/mol. The van der Waals surface area contributed by atoms with Gasteiger partial charge in [-0.1, -0.05) is 6.07 Å². The molecule has 26 heavy (non-hydrogen) atoms. The molecule has 0 saturated carbocycles. The molecule has 7 heteroatoms. The van der Waals surface area contributed by atoms with Crippen LogP contribution in [0.25, 0.3) is 22.2 Å². The summed E-state index contributed by atoms with van der Waals surface area (Å²) >= 11 is 0. The van der Waals surface area contributed by atoms with Crippen LogP contribution in [-0.4, -0.2) is 28.0 Å². The van der Waals surface area contributed by atoms with E-state index in [-0.39, 0.29) is 18.9 Å². The van der Waals surface area contributed by atoms with Crippen molar-refractivity contribution in [2.75, 3.05) is 13.1 Å². The van der Waals surface area contributed by atoms with Crippen LogP contribution < -0.4 is 0 Å². The highest BCUT2D eigenvalue weighted by Crippen LogP contribution is 2.37. The van der Waals surface area contributed by atoms with E-state index in [0.29, 0.717) is 29.8 Å². The van der Waals surface area contributed by atoms with E-state index in [1.54, 1.807) is 30.5 Å². The number of hydrogen-bond donors (Lipinski definition) is 0. The summed E-state index contributed by atoms with van der Waals surface area (Å²) in [5.41, 5.74) is 1.23. The van der Waals surface area contributed by atoms with Gasteiger partial charge < -0.3 is 9.32 Å². The van der Waals surface area contributed by atoms with Crippen molar-refractivity contribution in [2.45, 2.75) is 18.5 Å². The summed E-state index contributed by atoms with van der Waals surface area (Å²) in [6, 6.07) is 10.9. The fourth-order valence-electron chi connectivity index (χ4n) is 3.24. The van der Waals surface area contributed by atoms with E-state index in [2.05, 4.69) is 9.97 Å². The van der Waals surface area contributed by atoms with Crippen molar-refractivity contribution >= 4 is 11.1 Å². The van der Waals surface area contributed by atoms with Crippen LogP contribution in [0.15, 0.2) is 40.9 Å². The predicted octanol–water partition coefficient (Wildman–Crippen LogP) is 3.50. The van der Waals surface area contributed by atoms with E-state index < -0.39 is 5.67 Å². The predicted molar refractivity (Wildman–Crippen MR) is 91.2 cm³/mol. The SMILES string of the molecule is N#Cc1cc(-c2ccc3nc(C4(F)CCCN(C#N)C4)oc3c2)ccn1.